The molecule has 2 N–H and O–H groups in total. The number of nitrogens with one attached hydrogen (secondary N) is 2. The maximum atomic E-state index is 15.1. The fourth-order valence-electron chi connectivity index (χ4n) is 4.17. The van der Waals surface area contributed by atoms with E-state index in [1.54, 1.807) is 42.6 Å². The molecular weight excluding hydrogens is 532 g/mol. The van der Waals surface area contributed by atoms with Crippen molar-refractivity contribution in [2.45, 2.75) is 19.8 Å². The summed E-state index contributed by atoms with van der Waals surface area (Å²) in [6.07, 6.45) is 1.54. The monoisotopic (exact) mass is 559 g/mol. The largest absolute Gasteiger partial charge is 0.493 e. The number of amides is 2. The highest BCUT2D eigenvalue weighted by Crippen LogP contribution is 2.37. The molecule has 0 unspecified atom stereocenters. The van der Waals surface area contributed by atoms with Crippen LogP contribution in [0, 0.1) is 11.6 Å². The summed E-state index contributed by atoms with van der Waals surface area (Å²) in [6, 6.07) is 16.0. The molecule has 3 aromatic carbocycles. The summed E-state index contributed by atoms with van der Waals surface area (Å²) in [5, 5.41) is 10.4. The summed E-state index contributed by atoms with van der Waals surface area (Å²) in [4.78, 5) is 17.2. The van der Waals surface area contributed by atoms with Crippen molar-refractivity contribution in [2.24, 2.45) is 0 Å². The van der Waals surface area contributed by atoms with Crippen LogP contribution in [0.2, 0.25) is 0 Å². The third-order valence-corrected chi connectivity index (χ3v) is 6.23. The quantitative estimate of drug-likeness (QED) is 0.207. The number of hydrogen-bond acceptors (Lipinski definition) is 6. The number of carbonyl (C=O) groups is 1. The SMILES string of the molecule is COc1cc2nccc(Oc3ccc(NC(=O)Nc4cc(C(C)C)nn4-c4cccc(F)c4)cc3F)c2cc1OC. The van der Waals surface area contributed by atoms with Crippen LogP contribution in [0.4, 0.5) is 25.1 Å². The van der Waals surface area contributed by atoms with E-state index < -0.39 is 17.7 Å². The first kappa shape index (κ1) is 27.4. The van der Waals surface area contributed by atoms with Crippen molar-refractivity contribution in [3.63, 3.8) is 0 Å². The van der Waals surface area contributed by atoms with Gasteiger partial charge in [0.2, 0.25) is 0 Å². The average Bonchev–Trinajstić information content (AvgIpc) is 3.37. The van der Waals surface area contributed by atoms with Crippen LogP contribution in [-0.4, -0.2) is 35.0 Å². The van der Waals surface area contributed by atoms with Crippen molar-refractivity contribution in [1.29, 1.82) is 0 Å². The second-order valence-electron chi connectivity index (χ2n) is 9.36. The molecule has 41 heavy (non-hydrogen) atoms. The molecule has 0 fully saturated rings. The molecule has 5 aromatic rings. The predicted octanol–water partition coefficient (Wildman–Crippen LogP) is 7.28. The third kappa shape index (κ3) is 5.88. The lowest BCUT2D eigenvalue weighted by atomic mass is 10.1. The summed E-state index contributed by atoms with van der Waals surface area (Å²) in [5.41, 5.74) is 1.92. The lowest BCUT2D eigenvalue weighted by Crippen LogP contribution is -2.21. The Bertz CT molecular complexity index is 1740. The van der Waals surface area contributed by atoms with Gasteiger partial charge in [0.05, 0.1) is 31.1 Å². The smallest absolute Gasteiger partial charge is 0.324 e. The molecule has 0 spiro atoms. The van der Waals surface area contributed by atoms with Crippen LogP contribution >= 0.6 is 0 Å². The number of nitrogens with zero attached hydrogens (tertiary/aromatic N) is 3. The maximum Gasteiger partial charge on any atom is 0.324 e. The summed E-state index contributed by atoms with van der Waals surface area (Å²) in [5.74, 6) is 0.552. The molecule has 9 nitrogen and oxygen atoms in total. The van der Waals surface area contributed by atoms with Crippen LogP contribution in [0.15, 0.2) is 72.9 Å². The lowest BCUT2D eigenvalue weighted by Gasteiger charge is -2.13. The van der Waals surface area contributed by atoms with Crippen molar-refractivity contribution in [1.82, 2.24) is 14.8 Å². The number of ether oxygens (including phenoxy) is 3. The standard InChI is InChI=1S/C30H27F2N5O4/c1-17(2)23-16-29(37(36-23)20-7-5-6-18(31)12-20)35-30(38)34-19-8-9-26(22(32)13-19)41-25-10-11-33-24-15-28(40-4)27(39-3)14-21(24)25/h5-17H,1-4H3,(H2,34,35,38). The minimum atomic E-state index is -0.694. The predicted molar refractivity (Wildman–Crippen MR) is 152 cm³/mol. The average molecular weight is 560 g/mol. The molecule has 0 saturated carbocycles. The topological polar surface area (TPSA) is 99.5 Å². The Kier molecular flexibility index (Phi) is 7.68. The van der Waals surface area contributed by atoms with Crippen LogP contribution in [0.1, 0.15) is 25.5 Å². The molecule has 0 saturated heterocycles. The Labute approximate surface area is 234 Å². The van der Waals surface area contributed by atoms with Gasteiger partial charge in [0.1, 0.15) is 17.4 Å². The first-order valence-electron chi connectivity index (χ1n) is 12.7. The van der Waals surface area contributed by atoms with Crippen LogP contribution in [0.3, 0.4) is 0 Å². The Morgan fingerprint density at radius 3 is 2.37 bits per heavy atom. The van der Waals surface area contributed by atoms with Gasteiger partial charge in [-0.15, -0.1) is 0 Å². The Morgan fingerprint density at radius 1 is 0.878 bits per heavy atom. The molecule has 0 bridgehead atoms. The number of urea groups is 1. The van der Waals surface area contributed by atoms with Crippen molar-refractivity contribution in [3.05, 3.63) is 90.3 Å². The highest BCUT2D eigenvalue weighted by molar-refractivity contribution is 5.99. The van der Waals surface area contributed by atoms with Gasteiger partial charge in [-0.3, -0.25) is 10.3 Å². The molecular formula is C30H27F2N5O4. The van der Waals surface area contributed by atoms with E-state index in [4.69, 9.17) is 14.2 Å². The number of anilines is 2. The molecule has 0 atom stereocenters. The Balaban J connectivity index is 1.34. The minimum Gasteiger partial charge on any atom is -0.493 e. The van der Waals surface area contributed by atoms with E-state index in [0.717, 1.165) is 6.07 Å². The lowest BCUT2D eigenvalue weighted by molar-refractivity contribution is 0.262. The van der Waals surface area contributed by atoms with Crippen LogP contribution < -0.4 is 24.8 Å². The van der Waals surface area contributed by atoms with Gasteiger partial charge in [0.15, 0.2) is 23.1 Å². The van der Waals surface area contributed by atoms with Gasteiger partial charge in [-0.25, -0.2) is 18.3 Å². The van der Waals surface area contributed by atoms with Crippen LogP contribution in [0.5, 0.6) is 23.0 Å². The van der Waals surface area contributed by atoms with Gasteiger partial charge >= 0.3 is 6.03 Å². The van der Waals surface area contributed by atoms with E-state index in [2.05, 4.69) is 20.7 Å². The van der Waals surface area contributed by atoms with E-state index in [-0.39, 0.29) is 17.4 Å². The first-order valence-corrected chi connectivity index (χ1v) is 12.7. The van der Waals surface area contributed by atoms with E-state index >= 15 is 4.39 Å². The number of fused-ring (bicyclic) bond motifs is 1. The van der Waals surface area contributed by atoms with Crippen molar-refractivity contribution < 1.29 is 27.8 Å². The number of pyridine rings is 1. The maximum absolute atomic E-state index is 15.1. The summed E-state index contributed by atoms with van der Waals surface area (Å²) in [6.45, 7) is 3.91. The van der Waals surface area contributed by atoms with Gasteiger partial charge in [0, 0.05) is 35.5 Å². The molecule has 0 aliphatic carbocycles. The number of benzene rings is 3. The zero-order valence-electron chi connectivity index (χ0n) is 22.7. The van der Waals surface area contributed by atoms with Crippen molar-refractivity contribution in [3.8, 4) is 28.7 Å². The molecule has 2 heterocycles. The number of rotatable bonds is 8. The summed E-state index contributed by atoms with van der Waals surface area (Å²) >= 11 is 0. The van der Waals surface area contributed by atoms with Crippen LogP contribution in [0.25, 0.3) is 16.6 Å². The first-order chi connectivity index (χ1) is 19.7. The number of carbonyl (C=O) groups excluding carboxylic acids is 1. The van der Waals surface area contributed by atoms with Gasteiger partial charge in [0.25, 0.3) is 0 Å². The molecule has 5 rings (SSSR count). The summed E-state index contributed by atoms with van der Waals surface area (Å²) < 4.78 is 46.9. The minimum absolute atomic E-state index is 0.0519. The van der Waals surface area contributed by atoms with Gasteiger partial charge in [-0.1, -0.05) is 19.9 Å². The molecule has 0 aliphatic rings. The molecule has 0 radical (unpaired) electrons. The normalized spacial score (nSPS) is 11.0. The number of halogens is 2. The second kappa shape index (κ2) is 11.5. The van der Waals surface area contributed by atoms with E-state index in [1.807, 2.05) is 13.8 Å². The Morgan fingerprint density at radius 2 is 1.66 bits per heavy atom. The van der Waals surface area contributed by atoms with E-state index in [1.165, 1.54) is 43.2 Å². The zero-order valence-corrected chi connectivity index (χ0v) is 22.7. The van der Waals surface area contributed by atoms with Crippen LogP contribution in [-0.2, 0) is 0 Å². The fourth-order valence-corrected chi connectivity index (χ4v) is 4.17. The Hall–Kier alpha value is -5.19. The number of aromatic nitrogens is 3. The van der Waals surface area contributed by atoms with Gasteiger partial charge in [-0.2, -0.15) is 5.10 Å². The molecule has 11 heteroatoms. The van der Waals surface area contributed by atoms with Gasteiger partial charge in [-0.05, 0) is 48.4 Å². The van der Waals surface area contributed by atoms with E-state index in [9.17, 15) is 9.18 Å². The van der Waals surface area contributed by atoms with Crippen molar-refractivity contribution >= 4 is 28.4 Å². The molecule has 2 aromatic heterocycles. The third-order valence-electron chi connectivity index (χ3n) is 6.23. The number of hydrogen-bond donors (Lipinski definition) is 2. The second-order valence-corrected chi connectivity index (χ2v) is 9.36. The van der Waals surface area contributed by atoms with Crippen molar-refractivity contribution in [2.75, 3.05) is 24.9 Å². The molecule has 210 valence electrons. The molecule has 2 amide bonds. The fraction of sp³-hybridized carbons (Fsp3) is 0.167. The molecule has 0 aliphatic heterocycles. The number of methoxy groups -OCH3 is 2. The van der Waals surface area contributed by atoms with Gasteiger partial charge < -0.3 is 19.5 Å². The highest BCUT2D eigenvalue weighted by Gasteiger charge is 2.17. The highest BCUT2D eigenvalue weighted by atomic mass is 19.1. The summed E-state index contributed by atoms with van der Waals surface area (Å²) in [7, 11) is 3.04. The van der Waals surface area contributed by atoms with E-state index in [0.29, 0.717) is 45.4 Å². The zero-order chi connectivity index (χ0) is 29.1.